The Hall–Kier alpha value is -1.13. The van der Waals surface area contributed by atoms with Crippen LogP contribution in [0.25, 0.3) is 0 Å². The summed E-state index contributed by atoms with van der Waals surface area (Å²) in [6, 6.07) is 2.69. The minimum atomic E-state index is 0.115. The van der Waals surface area contributed by atoms with Crippen molar-refractivity contribution < 1.29 is 4.74 Å². The number of rotatable bonds is 4. The Morgan fingerprint density at radius 3 is 2.70 bits per heavy atom. The first kappa shape index (κ1) is 15.3. The third-order valence-corrected chi connectivity index (χ3v) is 3.81. The van der Waals surface area contributed by atoms with Gasteiger partial charge >= 0.3 is 0 Å². The van der Waals surface area contributed by atoms with E-state index in [9.17, 15) is 0 Å². The van der Waals surface area contributed by atoms with Crippen LogP contribution in [0.1, 0.15) is 39.2 Å². The van der Waals surface area contributed by atoms with Crippen LogP contribution < -0.4 is 10.2 Å². The predicted molar refractivity (Wildman–Crippen MR) is 83.1 cm³/mol. The molecule has 0 atom stereocenters. The van der Waals surface area contributed by atoms with Gasteiger partial charge in [-0.05, 0) is 39.7 Å². The lowest BCUT2D eigenvalue weighted by Gasteiger charge is -2.34. The van der Waals surface area contributed by atoms with Crippen molar-refractivity contribution in [2.45, 2.75) is 51.7 Å². The average Bonchev–Trinajstić information content (AvgIpc) is 2.45. The Morgan fingerprint density at radius 2 is 2.05 bits per heavy atom. The molecular weight excluding hydrogens is 250 g/mol. The molecule has 1 aromatic heterocycles. The first-order valence-electron chi connectivity index (χ1n) is 7.46. The van der Waals surface area contributed by atoms with Gasteiger partial charge in [-0.15, -0.1) is 0 Å². The van der Waals surface area contributed by atoms with E-state index in [0.29, 0.717) is 6.04 Å². The minimum Gasteiger partial charge on any atom is -0.381 e. The second-order valence-electron chi connectivity index (χ2n) is 6.56. The molecule has 112 valence electrons. The highest BCUT2D eigenvalue weighted by Gasteiger charge is 2.21. The Morgan fingerprint density at radius 1 is 1.35 bits per heavy atom. The Kier molecular flexibility index (Phi) is 5.00. The van der Waals surface area contributed by atoms with E-state index in [2.05, 4.69) is 49.1 Å². The number of hydrogen-bond acceptors (Lipinski definition) is 4. The number of hydrogen-bond donors (Lipinski definition) is 1. The van der Waals surface area contributed by atoms with Crippen molar-refractivity contribution in [2.24, 2.45) is 0 Å². The van der Waals surface area contributed by atoms with Gasteiger partial charge in [-0.3, -0.25) is 4.98 Å². The predicted octanol–water partition coefficient (Wildman–Crippen LogP) is 2.58. The van der Waals surface area contributed by atoms with Gasteiger partial charge in [-0.25, -0.2) is 0 Å². The van der Waals surface area contributed by atoms with Crippen molar-refractivity contribution in [2.75, 3.05) is 25.2 Å². The van der Waals surface area contributed by atoms with Gasteiger partial charge in [-0.2, -0.15) is 0 Å². The molecule has 1 aromatic rings. The highest BCUT2D eigenvalue weighted by molar-refractivity contribution is 5.52. The van der Waals surface area contributed by atoms with Gasteiger partial charge < -0.3 is 15.0 Å². The fourth-order valence-electron chi connectivity index (χ4n) is 2.53. The fourth-order valence-corrected chi connectivity index (χ4v) is 2.53. The summed E-state index contributed by atoms with van der Waals surface area (Å²) in [7, 11) is 2.19. The van der Waals surface area contributed by atoms with Gasteiger partial charge in [0.1, 0.15) is 0 Å². The Balaban J connectivity index is 2.09. The molecular formula is C16H27N3O. The fraction of sp³-hybridized carbons (Fsp3) is 0.688. The summed E-state index contributed by atoms with van der Waals surface area (Å²) < 4.78 is 5.46. The monoisotopic (exact) mass is 277 g/mol. The van der Waals surface area contributed by atoms with Crippen LogP contribution in [0, 0.1) is 0 Å². The number of anilines is 1. The van der Waals surface area contributed by atoms with Crippen molar-refractivity contribution >= 4 is 5.69 Å². The molecule has 1 N–H and O–H groups in total. The molecule has 0 radical (unpaired) electrons. The molecule has 1 aliphatic rings. The lowest BCUT2D eigenvalue weighted by atomic mass is 10.0. The van der Waals surface area contributed by atoms with Crippen molar-refractivity contribution in [1.29, 1.82) is 0 Å². The summed E-state index contributed by atoms with van der Waals surface area (Å²) in [4.78, 5) is 6.67. The average molecular weight is 277 g/mol. The summed E-state index contributed by atoms with van der Waals surface area (Å²) >= 11 is 0. The van der Waals surface area contributed by atoms with Gasteiger partial charge in [0.05, 0.1) is 0 Å². The topological polar surface area (TPSA) is 37.4 Å². The molecule has 0 unspecified atom stereocenters. The summed E-state index contributed by atoms with van der Waals surface area (Å²) in [6.07, 6.45) is 6.06. The quantitative estimate of drug-likeness (QED) is 0.918. The van der Waals surface area contributed by atoms with Gasteiger partial charge in [0, 0.05) is 62.0 Å². The summed E-state index contributed by atoms with van der Waals surface area (Å²) in [5.74, 6) is 0. The zero-order valence-corrected chi connectivity index (χ0v) is 13.1. The normalized spacial score (nSPS) is 17.2. The maximum absolute atomic E-state index is 5.46. The smallest absolute Gasteiger partial charge is 0.0485 e. The molecule has 20 heavy (non-hydrogen) atoms. The van der Waals surface area contributed by atoms with Crippen LogP contribution in [0.5, 0.6) is 0 Å². The third-order valence-electron chi connectivity index (χ3n) is 3.81. The minimum absolute atomic E-state index is 0.115. The summed E-state index contributed by atoms with van der Waals surface area (Å²) in [5, 5.41) is 3.54. The van der Waals surface area contributed by atoms with Crippen LogP contribution in [-0.2, 0) is 11.3 Å². The first-order chi connectivity index (χ1) is 9.47. The van der Waals surface area contributed by atoms with Gasteiger partial charge in [-0.1, -0.05) is 0 Å². The van der Waals surface area contributed by atoms with Crippen LogP contribution >= 0.6 is 0 Å². The highest BCUT2D eigenvalue weighted by atomic mass is 16.5. The Labute approximate surface area is 122 Å². The van der Waals surface area contributed by atoms with E-state index in [4.69, 9.17) is 4.74 Å². The van der Waals surface area contributed by atoms with Crippen LogP contribution in [0.4, 0.5) is 5.69 Å². The molecule has 0 aromatic carbocycles. The van der Waals surface area contributed by atoms with Crippen LogP contribution in [0.15, 0.2) is 18.5 Å². The second-order valence-corrected chi connectivity index (χ2v) is 6.56. The van der Waals surface area contributed by atoms with E-state index in [1.54, 1.807) is 0 Å². The van der Waals surface area contributed by atoms with E-state index in [1.807, 2.05) is 12.4 Å². The highest BCUT2D eigenvalue weighted by Crippen LogP contribution is 2.24. The van der Waals surface area contributed by atoms with E-state index < -0.39 is 0 Å². The van der Waals surface area contributed by atoms with Crippen molar-refractivity contribution in [3.63, 3.8) is 0 Å². The number of nitrogens with one attached hydrogen (secondary N) is 1. The molecule has 2 rings (SSSR count). The van der Waals surface area contributed by atoms with E-state index in [-0.39, 0.29) is 5.54 Å². The van der Waals surface area contributed by atoms with E-state index >= 15 is 0 Å². The number of nitrogens with zero attached hydrogens (tertiary/aromatic N) is 2. The molecule has 1 fully saturated rings. The van der Waals surface area contributed by atoms with Gasteiger partial charge in [0.15, 0.2) is 0 Å². The summed E-state index contributed by atoms with van der Waals surface area (Å²) in [6.45, 7) is 9.15. The molecule has 1 saturated heterocycles. The van der Waals surface area contributed by atoms with Crippen molar-refractivity contribution in [1.82, 2.24) is 10.3 Å². The maximum Gasteiger partial charge on any atom is 0.0485 e. The summed E-state index contributed by atoms with van der Waals surface area (Å²) in [5.41, 5.74) is 2.66. The SMILES string of the molecule is CN(c1ccncc1CNC(C)(C)C)C1CCOCC1. The molecule has 0 aliphatic carbocycles. The maximum atomic E-state index is 5.46. The van der Waals surface area contributed by atoms with Gasteiger partial charge in [0.2, 0.25) is 0 Å². The molecule has 4 nitrogen and oxygen atoms in total. The molecule has 0 saturated carbocycles. The van der Waals surface area contributed by atoms with E-state index in [1.165, 1.54) is 11.3 Å². The lowest BCUT2D eigenvalue weighted by molar-refractivity contribution is 0.0854. The van der Waals surface area contributed by atoms with Crippen LogP contribution in [-0.4, -0.2) is 36.8 Å². The van der Waals surface area contributed by atoms with Crippen molar-refractivity contribution in [3.8, 4) is 0 Å². The first-order valence-corrected chi connectivity index (χ1v) is 7.46. The molecule has 2 heterocycles. The van der Waals surface area contributed by atoms with Crippen molar-refractivity contribution in [3.05, 3.63) is 24.0 Å². The standard InChI is InChI=1S/C16H27N3O/c1-16(2,3)18-12-13-11-17-8-5-15(13)19(4)14-6-9-20-10-7-14/h5,8,11,14,18H,6-7,9-10,12H2,1-4H3. The number of aromatic nitrogens is 1. The zero-order chi connectivity index (χ0) is 14.6. The largest absolute Gasteiger partial charge is 0.381 e. The van der Waals surface area contributed by atoms with Crippen LogP contribution in [0.3, 0.4) is 0 Å². The number of ether oxygens (including phenoxy) is 1. The van der Waals surface area contributed by atoms with Crippen LogP contribution in [0.2, 0.25) is 0 Å². The molecule has 0 spiro atoms. The molecule has 0 bridgehead atoms. The number of pyridine rings is 1. The second kappa shape index (κ2) is 6.55. The van der Waals surface area contributed by atoms with E-state index in [0.717, 1.165) is 32.6 Å². The third kappa shape index (κ3) is 4.18. The Bertz CT molecular complexity index is 422. The molecule has 4 heteroatoms. The van der Waals surface area contributed by atoms with Gasteiger partial charge in [0.25, 0.3) is 0 Å². The lowest BCUT2D eigenvalue weighted by Crippen LogP contribution is -2.38. The zero-order valence-electron chi connectivity index (χ0n) is 13.1. The molecule has 0 amide bonds. The molecule has 1 aliphatic heterocycles.